The van der Waals surface area contributed by atoms with Crippen molar-refractivity contribution in [3.05, 3.63) is 80.4 Å². The lowest BCUT2D eigenvalue weighted by Gasteiger charge is -2.19. The Balaban J connectivity index is 1.70. The van der Waals surface area contributed by atoms with Crippen LogP contribution in [0.5, 0.6) is 11.5 Å². The topological polar surface area (TPSA) is 122 Å². The normalized spacial score (nSPS) is 12.2. The summed E-state index contributed by atoms with van der Waals surface area (Å²) in [4.78, 5) is 29.5. The van der Waals surface area contributed by atoms with Gasteiger partial charge in [-0.3, -0.25) is 14.3 Å². The fourth-order valence-corrected chi connectivity index (χ4v) is 4.75. The van der Waals surface area contributed by atoms with Gasteiger partial charge in [0.05, 0.1) is 12.5 Å². The molecule has 0 spiro atoms. The summed E-state index contributed by atoms with van der Waals surface area (Å²) in [5, 5.41) is 5.85. The van der Waals surface area contributed by atoms with Crippen LogP contribution in [-0.4, -0.2) is 27.8 Å². The van der Waals surface area contributed by atoms with Gasteiger partial charge in [-0.2, -0.15) is 5.10 Å². The lowest BCUT2D eigenvalue weighted by Crippen LogP contribution is -2.17. The number of rotatable bonds is 6. The van der Waals surface area contributed by atoms with E-state index in [1.807, 2.05) is 32.3 Å². The minimum atomic E-state index is -0.770. The molecule has 3 aromatic heterocycles. The predicted molar refractivity (Wildman–Crippen MR) is 145 cm³/mol. The lowest BCUT2D eigenvalue weighted by atomic mass is 9.99. The largest absolute Gasteiger partial charge is 0.494 e. The number of carbonyl (C=O) groups is 1. The molecule has 38 heavy (non-hydrogen) atoms. The van der Waals surface area contributed by atoms with E-state index in [0.717, 1.165) is 10.9 Å². The fraction of sp³-hybridized carbons (Fsp3) is 0.214. The number of ether oxygens (including phenoxy) is 2. The second kappa shape index (κ2) is 9.50. The molecule has 9 nitrogen and oxygen atoms in total. The number of pyridine rings is 1. The van der Waals surface area contributed by atoms with E-state index in [2.05, 4.69) is 10.1 Å². The van der Waals surface area contributed by atoms with Crippen molar-refractivity contribution in [1.82, 2.24) is 14.8 Å². The number of nitrogens with zero attached hydrogens (tertiary/aromatic N) is 3. The Morgan fingerprint density at radius 2 is 1.92 bits per heavy atom. The summed E-state index contributed by atoms with van der Waals surface area (Å²) in [7, 11) is 3.40. The van der Waals surface area contributed by atoms with Crippen LogP contribution in [0.2, 0.25) is 5.15 Å². The number of benzene rings is 2. The van der Waals surface area contributed by atoms with Gasteiger partial charge in [-0.25, -0.2) is 4.98 Å². The third kappa shape index (κ3) is 4.35. The Morgan fingerprint density at radius 3 is 2.63 bits per heavy atom. The van der Waals surface area contributed by atoms with Crippen LogP contribution in [0.15, 0.2) is 51.8 Å². The van der Waals surface area contributed by atoms with Crippen LogP contribution in [0.25, 0.3) is 33.2 Å². The molecule has 10 heteroatoms. The van der Waals surface area contributed by atoms with Crippen molar-refractivity contribution >= 4 is 39.4 Å². The highest BCUT2D eigenvalue weighted by Crippen LogP contribution is 2.36. The van der Waals surface area contributed by atoms with Crippen molar-refractivity contribution in [2.75, 3.05) is 7.11 Å². The van der Waals surface area contributed by atoms with Crippen molar-refractivity contribution in [2.45, 2.75) is 26.9 Å². The number of carbonyl (C=O) groups excluding carboxylic acids is 1. The Morgan fingerprint density at radius 1 is 1.16 bits per heavy atom. The average molecular weight is 533 g/mol. The number of aromatic nitrogens is 3. The monoisotopic (exact) mass is 532 g/mol. The van der Waals surface area contributed by atoms with E-state index >= 15 is 0 Å². The molecule has 1 amide bonds. The Hall–Kier alpha value is -4.37. The summed E-state index contributed by atoms with van der Waals surface area (Å²) in [6.45, 7) is 5.41. The summed E-state index contributed by atoms with van der Waals surface area (Å²) in [5.41, 5.74) is 8.94. The Labute approximate surface area is 222 Å². The highest BCUT2D eigenvalue weighted by molar-refractivity contribution is 6.29. The molecule has 0 radical (unpaired) electrons. The maximum absolute atomic E-state index is 13.6. The molecule has 0 fully saturated rings. The molecular formula is C28H25ClN4O5. The van der Waals surface area contributed by atoms with E-state index in [-0.39, 0.29) is 22.0 Å². The highest BCUT2D eigenvalue weighted by atomic mass is 35.5. The zero-order chi connectivity index (χ0) is 27.3. The van der Waals surface area contributed by atoms with E-state index in [1.54, 1.807) is 37.8 Å². The first-order valence-electron chi connectivity index (χ1n) is 11.8. The number of methoxy groups -OCH3 is 1. The third-order valence-electron chi connectivity index (χ3n) is 6.36. The highest BCUT2D eigenvalue weighted by Gasteiger charge is 2.23. The lowest BCUT2D eigenvalue weighted by molar-refractivity contribution is 0.0988. The molecule has 0 unspecified atom stereocenters. The molecule has 0 bridgehead atoms. The van der Waals surface area contributed by atoms with Crippen molar-refractivity contribution < 1.29 is 18.7 Å². The minimum absolute atomic E-state index is 0.0869. The quantitative estimate of drug-likeness (QED) is 0.296. The van der Waals surface area contributed by atoms with Gasteiger partial charge in [0.1, 0.15) is 33.9 Å². The van der Waals surface area contributed by atoms with Crippen LogP contribution in [0.1, 0.15) is 40.2 Å². The van der Waals surface area contributed by atoms with Crippen LogP contribution in [0.3, 0.4) is 0 Å². The summed E-state index contributed by atoms with van der Waals surface area (Å²) in [6, 6.07) is 10.4. The molecule has 5 rings (SSSR count). The van der Waals surface area contributed by atoms with Crippen LogP contribution >= 0.6 is 11.6 Å². The number of hydrogen-bond donors (Lipinski definition) is 1. The second-order valence-electron chi connectivity index (χ2n) is 9.14. The molecule has 5 aromatic rings. The first-order valence-corrected chi connectivity index (χ1v) is 12.2. The molecule has 0 aliphatic carbocycles. The van der Waals surface area contributed by atoms with Gasteiger partial charge < -0.3 is 19.6 Å². The number of amides is 1. The Bertz CT molecular complexity index is 1810. The van der Waals surface area contributed by atoms with Gasteiger partial charge in [0.2, 0.25) is 0 Å². The van der Waals surface area contributed by atoms with Gasteiger partial charge >= 0.3 is 0 Å². The van der Waals surface area contributed by atoms with Crippen LogP contribution in [0.4, 0.5) is 0 Å². The van der Waals surface area contributed by atoms with Gasteiger partial charge in [-0.05, 0) is 62.7 Å². The molecule has 0 aliphatic rings. The molecule has 2 N–H and O–H groups in total. The van der Waals surface area contributed by atoms with Crippen molar-refractivity contribution in [2.24, 2.45) is 12.8 Å². The van der Waals surface area contributed by atoms with Crippen LogP contribution in [0, 0.1) is 13.8 Å². The molecule has 3 heterocycles. The van der Waals surface area contributed by atoms with Crippen molar-refractivity contribution in [3.63, 3.8) is 0 Å². The molecule has 194 valence electrons. The first-order chi connectivity index (χ1) is 18.1. The minimum Gasteiger partial charge on any atom is -0.494 e. The number of halogens is 1. The van der Waals surface area contributed by atoms with E-state index in [4.69, 9.17) is 31.2 Å². The maximum Gasteiger partial charge on any atom is 0.271 e. The molecule has 2 aromatic carbocycles. The van der Waals surface area contributed by atoms with Crippen LogP contribution in [-0.2, 0) is 7.05 Å². The summed E-state index contributed by atoms with van der Waals surface area (Å²) in [5.74, 6) is 0.378. The predicted octanol–water partition coefficient (Wildman–Crippen LogP) is 5.26. The fourth-order valence-electron chi connectivity index (χ4n) is 4.60. The average Bonchev–Trinajstić information content (AvgIpc) is 3.26. The number of nitrogens with two attached hydrogens (primary N) is 1. The number of aryl methyl sites for hydroxylation is 2. The molecule has 0 saturated heterocycles. The van der Waals surface area contributed by atoms with E-state index < -0.39 is 12.0 Å². The maximum atomic E-state index is 13.6. The van der Waals surface area contributed by atoms with E-state index in [9.17, 15) is 9.59 Å². The molecular weight excluding hydrogens is 508 g/mol. The third-order valence-corrected chi connectivity index (χ3v) is 6.57. The molecule has 1 atom stereocenters. The zero-order valence-corrected chi connectivity index (χ0v) is 22.2. The Kier molecular flexibility index (Phi) is 6.32. The van der Waals surface area contributed by atoms with Crippen molar-refractivity contribution in [3.8, 4) is 22.8 Å². The van der Waals surface area contributed by atoms with Gasteiger partial charge in [0.25, 0.3) is 5.91 Å². The zero-order valence-electron chi connectivity index (χ0n) is 21.5. The van der Waals surface area contributed by atoms with Gasteiger partial charge in [0, 0.05) is 35.3 Å². The first kappa shape index (κ1) is 25.3. The van der Waals surface area contributed by atoms with E-state index in [1.165, 1.54) is 12.1 Å². The summed E-state index contributed by atoms with van der Waals surface area (Å²) >= 11 is 5.94. The number of primary amides is 1. The summed E-state index contributed by atoms with van der Waals surface area (Å²) in [6.07, 6.45) is 1.24. The van der Waals surface area contributed by atoms with E-state index in [0.29, 0.717) is 44.7 Å². The second-order valence-corrected chi connectivity index (χ2v) is 9.53. The van der Waals surface area contributed by atoms with Gasteiger partial charge in [0.15, 0.2) is 16.9 Å². The van der Waals surface area contributed by atoms with Gasteiger partial charge in [-0.15, -0.1) is 0 Å². The standard InChI is InChI=1S/C28H25ClN4O5/c1-13-8-18(15(3)37-20-6-7-22(29)31-24(20)28(30)35)27-19(9-13)25(34)14(2)26(38-27)16-10-17-12-33(4)32-23(17)21(11-16)36-5/h6-12,15H,1-5H3,(H2,30,35)/t15-/m1/s1. The van der Waals surface area contributed by atoms with Crippen molar-refractivity contribution in [1.29, 1.82) is 0 Å². The molecule has 0 aliphatic heterocycles. The number of fused-ring (bicyclic) bond motifs is 2. The number of hydrogen-bond acceptors (Lipinski definition) is 7. The summed E-state index contributed by atoms with van der Waals surface area (Å²) < 4.78 is 19.8. The molecule has 0 saturated carbocycles. The van der Waals surface area contributed by atoms with Crippen LogP contribution < -0.4 is 20.6 Å². The van der Waals surface area contributed by atoms with Gasteiger partial charge in [-0.1, -0.05) is 11.6 Å². The smallest absolute Gasteiger partial charge is 0.271 e. The SMILES string of the molecule is COc1cc(-c2oc3c([C@@H](C)Oc4ccc(Cl)nc4C(N)=O)cc(C)cc3c(=O)c2C)cc2cn(C)nc12.